The maximum absolute atomic E-state index is 13.1. The summed E-state index contributed by atoms with van der Waals surface area (Å²) in [6, 6.07) is 11.0. The van der Waals surface area contributed by atoms with Crippen molar-refractivity contribution in [3.8, 4) is 0 Å². The standard InChI is InChI=1S/C20H19ClN4O2S3/c21-13-5-7-14(8-6-13)22-16(26)12-29-19-25-24-18(30-19)23-17(27)20(9-1-2-10-20)15-4-3-11-28-15/h3-8,11H,1-2,9-10,12H2,(H,22,26)(H,23,24,27). The van der Waals surface area contributed by atoms with Crippen molar-refractivity contribution < 1.29 is 9.59 Å². The number of aromatic nitrogens is 2. The molecule has 1 aliphatic rings. The molecule has 1 fully saturated rings. The van der Waals surface area contributed by atoms with Gasteiger partial charge < -0.3 is 5.32 Å². The first kappa shape index (κ1) is 21.3. The summed E-state index contributed by atoms with van der Waals surface area (Å²) in [6.07, 6.45) is 3.80. The van der Waals surface area contributed by atoms with Gasteiger partial charge in [-0.05, 0) is 48.6 Å². The molecule has 0 saturated heterocycles. The van der Waals surface area contributed by atoms with E-state index in [0.717, 1.165) is 30.6 Å². The number of nitrogens with one attached hydrogen (secondary N) is 2. The minimum Gasteiger partial charge on any atom is -0.325 e. The van der Waals surface area contributed by atoms with Crippen molar-refractivity contribution in [1.82, 2.24) is 10.2 Å². The van der Waals surface area contributed by atoms with Crippen LogP contribution in [0.4, 0.5) is 10.8 Å². The minimum atomic E-state index is -0.467. The van der Waals surface area contributed by atoms with E-state index in [9.17, 15) is 9.59 Å². The number of carbonyl (C=O) groups excluding carboxylic acids is 2. The smallest absolute Gasteiger partial charge is 0.237 e. The van der Waals surface area contributed by atoms with Crippen LogP contribution in [-0.2, 0) is 15.0 Å². The van der Waals surface area contributed by atoms with Gasteiger partial charge in [-0.2, -0.15) is 0 Å². The molecule has 0 spiro atoms. The first-order valence-electron chi connectivity index (χ1n) is 9.42. The van der Waals surface area contributed by atoms with E-state index >= 15 is 0 Å². The van der Waals surface area contributed by atoms with E-state index in [2.05, 4.69) is 20.8 Å². The Morgan fingerprint density at radius 2 is 1.87 bits per heavy atom. The molecule has 4 rings (SSSR count). The molecule has 6 nitrogen and oxygen atoms in total. The fourth-order valence-electron chi connectivity index (χ4n) is 3.51. The Balaban J connectivity index is 1.33. The van der Waals surface area contributed by atoms with Gasteiger partial charge in [0.25, 0.3) is 0 Å². The third-order valence-electron chi connectivity index (χ3n) is 4.97. The number of thioether (sulfide) groups is 1. The molecule has 2 N–H and O–H groups in total. The summed E-state index contributed by atoms with van der Waals surface area (Å²) in [5.41, 5.74) is 0.219. The first-order chi connectivity index (χ1) is 14.5. The van der Waals surface area contributed by atoms with E-state index < -0.39 is 5.41 Å². The molecular weight excluding hydrogens is 460 g/mol. The van der Waals surface area contributed by atoms with Crippen molar-refractivity contribution in [2.24, 2.45) is 0 Å². The lowest BCUT2D eigenvalue weighted by atomic mass is 9.83. The molecular formula is C20H19ClN4O2S3. The van der Waals surface area contributed by atoms with Gasteiger partial charge in [-0.3, -0.25) is 14.9 Å². The van der Waals surface area contributed by atoms with Gasteiger partial charge in [0.2, 0.25) is 16.9 Å². The van der Waals surface area contributed by atoms with E-state index in [0.29, 0.717) is 20.2 Å². The van der Waals surface area contributed by atoms with Gasteiger partial charge in [-0.1, -0.05) is 53.6 Å². The first-order valence-corrected chi connectivity index (χ1v) is 12.5. The van der Waals surface area contributed by atoms with Crippen molar-refractivity contribution in [2.45, 2.75) is 35.4 Å². The van der Waals surface area contributed by atoms with Gasteiger partial charge >= 0.3 is 0 Å². The zero-order valence-corrected chi connectivity index (χ0v) is 19.1. The summed E-state index contributed by atoms with van der Waals surface area (Å²) in [4.78, 5) is 26.3. The Kier molecular flexibility index (Phi) is 6.72. The van der Waals surface area contributed by atoms with Crippen molar-refractivity contribution >= 4 is 68.7 Å². The zero-order valence-electron chi connectivity index (χ0n) is 15.9. The summed E-state index contributed by atoms with van der Waals surface area (Å²) < 4.78 is 0.633. The highest BCUT2D eigenvalue weighted by molar-refractivity contribution is 8.01. The lowest BCUT2D eigenvalue weighted by Crippen LogP contribution is -2.37. The second kappa shape index (κ2) is 9.47. The lowest BCUT2D eigenvalue weighted by molar-refractivity contribution is -0.121. The average Bonchev–Trinajstić information content (AvgIpc) is 3.50. The number of nitrogens with zero attached hydrogens (tertiary/aromatic N) is 2. The van der Waals surface area contributed by atoms with Crippen LogP contribution in [0.25, 0.3) is 0 Å². The number of rotatable bonds is 7. The number of benzene rings is 1. The molecule has 0 radical (unpaired) electrons. The van der Waals surface area contributed by atoms with Gasteiger partial charge in [-0.25, -0.2) is 0 Å². The number of hydrogen-bond donors (Lipinski definition) is 2. The van der Waals surface area contributed by atoms with Crippen molar-refractivity contribution in [1.29, 1.82) is 0 Å². The molecule has 0 atom stereocenters. The third-order valence-corrected chi connectivity index (χ3v) is 8.26. The Labute approximate surface area is 191 Å². The minimum absolute atomic E-state index is 0.0179. The highest BCUT2D eigenvalue weighted by Crippen LogP contribution is 2.44. The Bertz CT molecular complexity index is 1020. The predicted octanol–water partition coefficient (Wildman–Crippen LogP) is 5.43. The second-order valence-electron chi connectivity index (χ2n) is 6.94. The topological polar surface area (TPSA) is 84.0 Å². The fraction of sp³-hybridized carbons (Fsp3) is 0.300. The summed E-state index contributed by atoms with van der Waals surface area (Å²) in [6.45, 7) is 0. The summed E-state index contributed by atoms with van der Waals surface area (Å²) in [5.74, 6) is 0.0333. The van der Waals surface area contributed by atoms with Crippen LogP contribution in [0.15, 0.2) is 46.1 Å². The normalized spacial score (nSPS) is 15.1. The average molecular weight is 479 g/mol. The molecule has 0 bridgehead atoms. The summed E-state index contributed by atoms with van der Waals surface area (Å²) in [7, 11) is 0. The SMILES string of the molecule is O=C(CSc1nnc(NC(=O)C2(c3cccs3)CCCC2)s1)Nc1ccc(Cl)cc1. The quantitative estimate of drug-likeness (QED) is 0.349. The van der Waals surface area contributed by atoms with Crippen molar-refractivity contribution in [3.05, 3.63) is 51.7 Å². The van der Waals surface area contributed by atoms with E-state index in [1.165, 1.54) is 23.1 Å². The Hall–Kier alpha value is -1.94. The summed E-state index contributed by atoms with van der Waals surface area (Å²) in [5, 5.41) is 17.0. The molecule has 30 heavy (non-hydrogen) atoms. The maximum atomic E-state index is 13.1. The van der Waals surface area contributed by atoms with E-state index in [-0.39, 0.29) is 17.6 Å². The lowest BCUT2D eigenvalue weighted by Gasteiger charge is -2.25. The predicted molar refractivity (Wildman–Crippen MR) is 124 cm³/mol. The summed E-state index contributed by atoms with van der Waals surface area (Å²) >= 11 is 10.0. The third kappa shape index (κ3) is 4.85. The van der Waals surface area contributed by atoms with Crippen LogP contribution in [0.5, 0.6) is 0 Å². The van der Waals surface area contributed by atoms with Gasteiger partial charge in [-0.15, -0.1) is 21.5 Å². The molecule has 0 aliphatic heterocycles. The van der Waals surface area contributed by atoms with Crippen LogP contribution in [0.3, 0.4) is 0 Å². The number of amides is 2. The van der Waals surface area contributed by atoms with Crippen molar-refractivity contribution in [2.75, 3.05) is 16.4 Å². The Morgan fingerprint density at radius 3 is 2.57 bits per heavy atom. The molecule has 0 unspecified atom stereocenters. The zero-order chi connectivity index (χ0) is 21.0. The van der Waals surface area contributed by atoms with Crippen LogP contribution in [-0.4, -0.2) is 27.8 Å². The number of halogens is 1. The molecule has 1 saturated carbocycles. The van der Waals surface area contributed by atoms with Gasteiger partial charge in [0.1, 0.15) is 0 Å². The molecule has 1 aromatic carbocycles. The molecule has 156 valence electrons. The van der Waals surface area contributed by atoms with E-state index in [1.54, 1.807) is 35.6 Å². The number of hydrogen-bond acceptors (Lipinski definition) is 7. The highest BCUT2D eigenvalue weighted by atomic mass is 35.5. The number of anilines is 2. The largest absolute Gasteiger partial charge is 0.325 e. The molecule has 1 aliphatic carbocycles. The maximum Gasteiger partial charge on any atom is 0.237 e. The van der Waals surface area contributed by atoms with Gasteiger partial charge in [0.05, 0.1) is 11.2 Å². The van der Waals surface area contributed by atoms with Gasteiger partial charge in [0, 0.05) is 15.6 Å². The van der Waals surface area contributed by atoms with Crippen LogP contribution in [0, 0.1) is 0 Å². The van der Waals surface area contributed by atoms with E-state index in [1.807, 2.05) is 17.5 Å². The van der Waals surface area contributed by atoms with Crippen LogP contribution >= 0.6 is 46.0 Å². The molecule has 2 aromatic heterocycles. The van der Waals surface area contributed by atoms with Gasteiger partial charge in [0.15, 0.2) is 4.34 Å². The van der Waals surface area contributed by atoms with Crippen LogP contribution in [0.2, 0.25) is 5.02 Å². The van der Waals surface area contributed by atoms with Crippen LogP contribution in [0.1, 0.15) is 30.6 Å². The molecule has 3 aromatic rings. The van der Waals surface area contributed by atoms with E-state index in [4.69, 9.17) is 11.6 Å². The molecule has 2 heterocycles. The van der Waals surface area contributed by atoms with Crippen LogP contribution < -0.4 is 10.6 Å². The van der Waals surface area contributed by atoms with Crippen molar-refractivity contribution in [3.63, 3.8) is 0 Å². The molecule has 2 amide bonds. The monoisotopic (exact) mass is 478 g/mol. The second-order valence-corrected chi connectivity index (χ2v) is 10.5. The Morgan fingerprint density at radius 1 is 1.10 bits per heavy atom. The number of thiophene rings is 1. The number of carbonyl (C=O) groups is 2. The molecule has 10 heteroatoms. The highest BCUT2D eigenvalue weighted by Gasteiger charge is 2.43. The fourth-order valence-corrected chi connectivity index (χ4v) is 6.16.